The van der Waals surface area contributed by atoms with Crippen LogP contribution in [0.1, 0.15) is 6.92 Å². The molecule has 0 aliphatic rings. The van der Waals surface area contributed by atoms with Crippen molar-refractivity contribution >= 4 is 35.0 Å². The molecular weight excluding hydrogens is 372 g/mol. The van der Waals surface area contributed by atoms with Gasteiger partial charge >= 0.3 is 0 Å². The smallest absolute Gasteiger partial charge is 0.237 e. The second kappa shape index (κ2) is 8.25. The highest BCUT2D eigenvalue weighted by atomic mass is 35.5. The van der Waals surface area contributed by atoms with Gasteiger partial charge in [0.1, 0.15) is 5.75 Å². The third-order valence-electron chi connectivity index (χ3n) is 3.59. The lowest BCUT2D eigenvalue weighted by Gasteiger charge is -2.10. The summed E-state index contributed by atoms with van der Waals surface area (Å²) < 4.78 is 5.14. The highest BCUT2D eigenvalue weighted by Crippen LogP contribution is 2.25. The molecule has 3 rings (SSSR count). The lowest BCUT2D eigenvalue weighted by molar-refractivity contribution is -0.115. The Morgan fingerprint density at radius 3 is 2.54 bits per heavy atom. The highest BCUT2D eigenvalue weighted by Gasteiger charge is 2.17. The number of nitrogens with one attached hydrogen (secondary N) is 2. The molecule has 1 atom stereocenters. The topological polar surface area (TPSA) is 79.9 Å². The van der Waals surface area contributed by atoms with Crippen LogP contribution in [0.2, 0.25) is 5.02 Å². The number of hydrogen-bond acceptors (Lipinski definition) is 5. The number of halogens is 1. The van der Waals surface area contributed by atoms with E-state index in [-0.39, 0.29) is 11.2 Å². The number of nitrogens with zero attached hydrogens (tertiary/aromatic N) is 2. The quantitative estimate of drug-likeness (QED) is 0.617. The Labute approximate surface area is 160 Å². The van der Waals surface area contributed by atoms with Crippen LogP contribution >= 0.6 is 23.4 Å². The fraction of sp³-hybridized carbons (Fsp3) is 0.167. The Bertz CT molecular complexity index is 881. The first-order valence-corrected chi connectivity index (χ1v) is 9.11. The molecule has 0 aliphatic carbocycles. The summed E-state index contributed by atoms with van der Waals surface area (Å²) in [5.74, 6) is 1.28. The molecule has 0 spiro atoms. The fourth-order valence-electron chi connectivity index (χ4n) is 2.17. The summed E-state index contributed by atoms with van der Waals surface area (Å²) in [5, 5.41) is 10.7. The van der Waals surface area contributed by atoms with Crippen LogP contribution in [0, 0.1) is 0 Å². The molecule has 1 aromatic heterocycles. The zero-order valence-electron chi connectivity index (χ0n) is 14.2. The molecule has 134 valence electrons. The number of aromatic nitrogens is 3. The van der Waals surface area contributed by atoms with Gasteiger partial charge in [0.25, 0.3) is 0 Å². The van der Waals surface area contributed by atoms with Crippen molar-refractivity contribution in [1.82, 2.24) is 15.2 Å². The predicted molar refractivity (Wildman–Crippen MR) is 104 cm³/mol. The summed E-state index contributed by atoms with van der Waals surface area (Å²) in [6, 6.07) is 14.5. The maximum atomic E-state index is 12.3. The van der Waals surface area contributed by atoms with E-state index >= 15 is 0 Å². The molecule has 1 amide bonds. The molecule has 8 heteroatoms. The van der Waals surface area contributed by atoms with Crippen LogP contribution in [0.25, 0.3) is 11.4 Å². The van der Waals surface area contributed by atoms with Gasteiger partial charge in [-0.25, -0.2) is 4.98 Å². The van der Waals surface area contributed by atoms with Crippen molar-refractivity contribution in [3.8, 4) is 17.1 Å². The summed E-state index contributed by atoms with van der Waals surface area (Å²) >= 11 is 7.12. The maximum absolute atomic E-state index is 12.3. The van der Waals surface area contributed by atoms with Gasteiger partial charge in [-0.3, -0.25) is 9.89 Å². The van der Waals surface area contributed by atoms with Crippen LogP contribution in [0.3, 0.4) is 0 Å². The van der Waals surface area contributed by atoms with Crippen molar-refractivity contribution in [1.29, 1.82) is 0 Å². The number of methoxy groups -OCH3 is 1. The first-order valence-electron chi connectivity index (χ1n) is 7.85. The molecular formula is C18H17ClN4O2S. The van der Waals surface area contributed by atoms with Crippen molar-refractivity contribution in [2.24, 2.45) is 0 Å². The van der Waals surface area contributed by atoms with Gasteiger partial charge in [-0.2, -0.15) is 0 Å². The first kappa shape index (κ1) is 18.3. The van der Waals surface area contributed by atoms with Gasteiger partial charge in [-0.05, 0) is 55.5 Å². The molecule has 0 radical (unpaired) electrons. The minimum atomic E-state index is -0.356. The summed E-state index contributed by atoms with van der Waals surface area (Å²) in [5.41, 5.74) is 1.59. The SMILES string of the molecule is COc1ccc(-c2nc(SC(C)C(=O)Nc3ccc(Cl)cc3)n[nH]2)cc1. The Morgan fingerprint density at radius 2 is 1.88 bits per heavy atom. The minimum absolute atomic E-state index is 0.131. The minimum Gasteiger partial charge on any atom is -0.497 e. The van der Waals surface area contributed by atoms with Gasteiger partial charge in [-0.1, -0.05) is 23.4 Å². The maximum Gasteiger partial charge on any atom is 0.237 e. The molecule has 0 saturated carbocycles. The fourth-order valence-corrected chi connectivity index (χ4v) is 3.02. The van der Waals surface area contributed by atoms with E-state index in [1.807, 2.05) is 24.3 Å². The molecule has 2 N–H and O–H groups in total. The van der Waals surface area contributed by atoms with Gasteiger partial charge in [-0.15, -0.1) is 5.10 Å². The van der Waals surface area contributed by atoms with E-state index in [0.717, 1.165) is 11.3 Å². The van der Waals surface area contributed by atoms with E-state index in [1.165, 1.54) is 11.8 Å². The Balaban J connectivity index is 1.62. The second-order valence-corrected chi connectivity index (χ2v) is 7.20. The number of benzene rings is 2. The molecule has 0 aliphatic heterocycles. The molecule has 1 unspecified atom stereocenters. The third kappa shape index (κ3) is 4.56. The van der Waals surface area contributed by atoms with Crippen molar-refractivity contribution in [3.63, 3.8) is 0 Å². The van der Waals surface area contributed by atoms with Gasteiger partial charge in [0.05, 0.1) is 12.4 Å². The number of carbonyl (C=O) groups excluding carboxylic acids is 1. The number of thioether (sulfide) groups is 1. The van der Waals surface area contributed by atoms with Crippen LogP contribution in [0.5, 0.6) is 5.75 Å². The molecule has 26 heavy (non-hydrogen) atoms. The first-order chi connectivity index (χ1) is 12.5. The molecule has 2 aromatic carbocycles. The van der Waals surface area contributed by atoms with E-state index in [9.17, 15) is 4.79 Å². The van der Waals surface area contributed by atoms with E-state index in [4.69, 9.17) is 16.3 Å². The Kier molecular flexibility index (Phi) is 5.80. The van der Waals surface area contributed by atoms with E-state index in [1.54, 1.807) is 38.3 Å². The van der Waals surface area contributed by atoms with Crippen LogP contribution in [0.4, 0.5) is 5.69 Å². The summed E-state index contributed by atoms with van der Waals surface area (Å²) in [7, 11) is 1.62. The number of aromatic amines is 1. The van der Waals surface area contributed by atoms with Crippen molar-refractivity contribution in [2.45, 2.75) is 17.3 Å². The van der Waals surface area contributed by atoms with Crippen LogP contribution < -0.4 is 10.1 Å². The van der Waals surface area contributed by atoms with Crippen molar-refractivity contribution < 1.29 is 9.53 Å². The summed E-state index contributed by atoms with van der Waals surface area (Å²) in [6.07, 6.45) is 0. The Hall–Kier alpha value is -2.51. The van der Waals surface area contributed by atoms with E-state index in [2.05, 4.69) is 20.5 Å². The zero-order chi connectivity index (χ0) is 18.5. The number of H-pyrrole nitrogens is 1. The van der Waals surface area contributed by atoms with Crippen molar-refractivity contribution in [2.75, 3.05) is 12.4 Å². The van der Waals surface area contributed by atoms with Gasteiger partial charge in [0.2, 0.25) is 11.1 Å². The monoisotopic (exact) mass is 388 g/mol. The molecule has 0 fully saturated rings. The molecule has 0 saturated heterocycles. The number of anilines is 1. The van der Waals surface area contributed by atoms with Crippen LogP contribution in [-0.4, -0.2) is 33.4 Å². The van der Waals surface area contributed by atoms with E-state index in [0.29, 0.717) is 21.7 Å². The summed E-state index contributed by atoms with van der Waals surface area (Å²) in [4.78, 5) is 16.7. The average molecular weight is 389 g/mol. The van der Waals surface area contributed by atoms with Gasteiger partial charge in [0, 0.05) is 16.3 Å². The molecule has 0 bridgehead atoms. The lowest BCUT2D eigenvalue weighted by atomic mass is 10.2. The number of amides is 1. The normalized spacial score (nSPS) is 11.8. The molecule has 6 nitrogen and oxygen atoms in total. The lowest BCUT2D eigenvalue weighted by Crippen LogP contribution is -2.22. The molecule has 3 aromatic rings. The predicted octanol–water partition coefficient (Wildman–Crippen LogP) is 4.25. The summed E-state index contributed by atoms with van der Waals surface area (Å²) in [6.45, 7) is 1.80. The largest absolute Gasteiger partial charge is 0.497 e. The number of rotatable bonds is 6. The number of ether oxygens (including phenoxy) is 1. The standard InChI is InChI=1S/C18H17ClN4O2S/c1-11(17(24)20-14-7-5-13(19)6-8-14)26-18-21-16(22-23-18)12-3-9-15(25-2)10-4-12/h3-11H,1-2H3,(H,20,24)(H,21,22,23). The van der Waals surface area contributed by atoms with Crippen LogP contribution in [-0.2, 0) is 4.79 Å². The van der Waals surface area contributed by atoms with Gasteiger partial charge < -0.3 is 10.1 Å². The zero-order valence-corrected chi connectivity index (χ0v) is 15.8. The second-order valence-electron chi connectivity index (χ2n) is 5.45. The molecule has 1 heterocycles. The average Bonchev–Trinajstić information content (AvgIpc) is 3.12. The highest BCUT2D eigenvalue weighted by molar-refractivity contribution is 8.00. The van der Waals surface area contributed by atoms with Crippen LogP contribution in [0.15, 0.2) is 53.7 Å². The van der Waals surface area contributed by atoms with Gasteiger partial charge in [0.15, 0.2) is 5.82 Å². The van der Waals surface area contributed by atoms with Crippen molar-refractivity contribution in [3.05, 3.63) is 53.6 Å². The Morgan fingerprint density at radius 1 is 1.19 bits per heavy atom. The van der Waals surface area contributed by atoms with E-state index < -0.39 is 0 Å². The third-order valence-corrected chi connectivity index (χ3v) is 4.80. The number of carbonyl (C=O) groups is 1. The number of hydrogen-bond donors (Lipinski definition) is 2.